The first-order chi connectivity index (χ1) is 15.0. The number of rotatable bonds is 6. The summed E-state index contributed by atoms with van der Waals surface area (Å²) in [6.45, 7) is 2.82. The first kappa shape index (κ1) is 20.7. The van der Waals surface area contributed by atoms with Crippen molar-refractivity contribution >= 4 is 29.4 Å². The fraction of sp³-hybridized carbons (Fsp3) is 0.304. The van der Waals surface area contributed by atoms with Crippen molar-refractivity contribution in [2.24, 2.45) is 0 Å². The van der Waals surface area contributed by atoms with Crippen LogP contribution < -0.4 is 5.32 Å². The van der Waals surface area contributed by atoms with Crippen LogP contribution in [0.1, 0.15) is 61.2 Å². The van der Waals surface area contributed by atoms with E-state index in [1.165, 1.54) is 29.2 Å². The Morgan fingerprint density at radius 2 is 1.90 bits per heavy atom. The highest BCUT2D eigenvalue weighted by molar-refractivity contribution is 6.22. The molecular formula is C23H22N2O6. The minimum Gasteiger partial charge on any atom is -0.462 e. The normalized spacial score (nSPS) is 17.6. The molecule has 160 valence electrons. The minimum atomic E-state index is -0.480. The van der Waals surface area contributed by atoms with Gasteiger partial charge >= 0.3 is 5.97 Å². The molecule has 8 nitrogen and oxygen atoms in total. The lowest BCUT2D eigenvalue weighted by atomic mass is 10.1. The van der Waals surface area contributed by atoms with Crippen LogP contribution in [0.15, 0.2) is 42.5 Å². The van der Waals surface area contributed by atoms with Crippen LogP contribution in [0, 0.1) is 0 Å². The molecule has 1 saturated heterocycles. The predicted molar refractivity (Wildman–Crippen MR) is 111 cm³/mol. The van der Waals surface area contributed by atoms with Gasteiger partial charge in [-0.3, -0.25) is 19.3 Å². The molecule has 2 aromatic carbocycles. The summed E-state index contributed by atoms with van der Waals surface area (Å²) < 4.78 is 10.5. The number of nitrogens with one attached hydrogen (secondary N) is 1. The van der Waals surface area contributed by atoms with E-state index < -0.39 is 17.8 Å². The third-order valence-corrected chi connectivity index (χ3v) is 5.27. The molecule has 0 spiro atoms. The first-order valence-corrected chi connectivity index (χ1v) is 10.2. The van der Waals surface area contributed by atoms with Gasteiger partial charge in [0.15, 0.2) is 0 Å². The zero-order chi connectivity index (χ0) is 22.0. The second-order valence-corrected chi connectivity index (χ2v) is 7.37. The number of hydrogen-bond acceptors (Lipinski definition) is 6. The average molecular weight is 422 g/mol. The molecule has 31 heavy (non-hydrogen) atoms. The predicted octanol–water partition coefficient (Wildman–Crippen LogP) is 2.89. The molecule has 1 N–H and O–H groups in total. The number of carbonyl (C=O) groups is 4. The SMILES string of the molecule is CCOC(=O)c1cccc(NC(=O)c2ccc3c(c2)C(=O)N(C[C@H]2CCCO2)C3=O)c1. The van der Waals surface area contributed by atoms with Crippen molar-refractivity contribution in [2.45, 2.75) is 25.9 Å². The maximum atomic E-state index is 12.8. The van der Waals surface area contributed by atoms with Gasteiger partial charge in [0, 0.05) is 17.9 Å². The van der Waals surface area contributed by atoms with Gasteiger partial charge in [0.1, 0.15) is 0 Å². The van der Waals surface area contributed by atoms with Crippen molar-refractivity contribution in [3.63, 3.8) is 0 Å². The van der Waals surface area contributed by atoms with E-state index in [9.17, 15) is 19.2 Å². The highest BCUT2D eigenvalue weighted by atomic mass is 16.5. The summed E-state index contributed by atoms with van der Waals surface area (Å²) in [5.74, 6) is -1.73. The van der Waals surface area contributed by atoms with E-state index in [2.05, 4.69) is 5.32 Å². The molecule has 0 bridgehead atoms. The number of imide groups is 1. The van der Waals surface area contributed by atoms with Crippen LogP contribution >= 0.6 is 0 Å². The summed E-state index contributed by atoms with van der Waals surface area (Å²) in [6, 6.07) is 10.8. The Morgan fingerprint density at radius 3 is 2.65 bits per heavy atom. The number of benzene rings is 2. The largest absolute Gasteiger partial charge is 0.462 e. The zero-order valence-corrected chi connectivity index (χ0v) is 17.1. The monoisotopic (exact) mass is 422 g/mol. The number of fused-ring (bicyclic) bond motifs is 1. The van der Waals surface area contributed by atoms with Crippen LogP contribution in [0.4, 0.5) is 5.69 Å². The highest BCUT2D eigenvalue weighted by Gasteiger charge is 2.37. The third kappa shape index (κ3) is 4.20. The lowest BCUT2D eigenvalue weighted by Crippen LogP contribution is -2.36. The topological polar surface area (TPSA) is 102 Å². The lowest BCUT2D eigenvalue weighted by molar-refractivity contribution is 0.0474. The molecule has 1 atom stereocenters. The van der Waals surface area contributed by atoms with E-state index in [0.29, 0.717) is 17.9 Å². The molecule has 2 aliphatic rings. The Morgan fingerprint density at radius 1 is 1.10 bits per heavy atom. The van der Waals surface area contributed by atoms with E-state index in [1.807, 2.05) is 0 Å². The lowest BCUT2D eigenvalue weighted by Gasteiger charge is -2.17. The molecule has 4 rings (SSSR count). The second-order valence-electron chi connectivity index (χ2n) is 7.37. The van der Waals surface area contributed by atoms with Crippen LogP contribution in [0.2, 0.25) is 0 Å². The summed E-state index contributed by atoms with van der Waals surface area (Å²) in [5.41, 5.74) is 1.46. The number of hydrogen-bond donors (Lipinski definition) is 1. The highest BCUT2D eigenvalue weighted by Crippen LogP contribution is 2.26. The van der Waals surface area contributed by atoms with Crippen LogP contribution in [0.5, 0.6) is 0 Å². The molecule has 8 heteroatoms. The number of nitrogens with zero attached hydrogens (tertiary/aromatic N) is 1. The zero-order valence-electron chi connectivity index (χ0n) is 17.1. The van der Waals surface area contributed by atoms with Gasteiger partial charge in [0.05, 0.1) is 35.9 Å². The smallest absolute Gasteiger partial charge is 0.338 e. The minimum absolute atomic E-state index is 0.142. The van der Waals surface area contributed by atoms with Gasteiger partial charge in [-0.25, -0.2) is 4.79 Å². The van der Waals surface area contributed by atoms with E-state index in [0.717, 1.165) is 12.8 Å². The standard InChI is InChI=1S/C23H22N2O6/c1-2-30-23(29)15-5-3-6-16(11-15)24-20(26)14-8-9-18-19(12-14)22(28)25(21(18)27)13-17-7-4-10-31-17/h3,5-6,8-9,11-12,17H,2,4,7,10,13H2,1H3,(H,24,26)/t17-/m1/s1. The quantitative estimate of drug-likeness (QED) is 0.567. The molecule has 2 heterocycles. The van der Waals surface area contributed by atoms with Crippen molar-refractivity contribution in [3.8, 4) is 0 Å². The van der Waals surface area contributed by atoms with Gasteiger partial charge in [0.25, 0.3) is 17.7 Å². The Hall–Kier alpha value is -3.52. The molecule has 2 aromatic rings. The number of amides is 3. The van der Waals surface area contributed by atoms with E-state index >= 15 is 0 Å². The van der Waals surface area contributed by atoms with Crippen LogP contribution in [-0.4, -0.2) is 54.5 Å². The summed E-state index contributed by atoms with van der Waals surface area (Å²) in [5, 5.41) is 2.71. The maximum absolute atomic E-state index is 12.8. The van der Waals surface area contributed by atoms with Crippen LogP contribution in [0.3, 0.4) is 0 Å². The van der Waals surface area contributed by atoms with Crippen molar-refractivity contribution in [1.29, 1.82) is 0 Å². The molecule has 3 amide bonds. The Bertz CT molecular complexity index is 1060. The number of ether oxygens (including phenoxy) is 2. The van der Waals surface area contributed by atoms with Crippen molar-refractivity contribution in [3.05, 3.63) is 64.7 Å². The van der Waals surface area contributed by atoms with Gasteiger partial charge in [-0.05, 0) is 56.2 Å². The van der Waals surface area contributed by atoms with E-state index in [4.69, 9.17) is 9.47 Å². The van der Waals surface area contributed by atoms with Crippen molar-refractivity contribution in [1.82, 2.24) is 4.90 Å². The Balaban J connectivity index is 1.50. The molecular weight excluding hydrogens is 400 g/mol. The first-order valence-electron chi connectivity index (χ1n) is 10.2. The number of anilines is 1. The van der Waals surface area contributed by atoms with E-state index in [1.54, 1.807) is 25.1 Å². The van der Waals surface area contributed by atoms with Crippen LogP contribution in [-0.2, 0) is 9.47 Å². The maximum Gasteiger partial charge on any atom is 0.338 e. The average Bonchev–Trinajstić information content (AvgIpc) is 3.37. The van der Waals surface area contributed by atoms with Gasteiger partial charge < -0.3 is 14.8 Å². The van der Waals surface area contributed by atoms with Gasteiger partial charge in [-0.15, -0.1) is 0 Å². The molecule has 0 aromatic heterocycles. The molecule has 0 unspecified atom stereocenters. The molecule has 0 saturated carbocycles. The Kier molecular flexibility index (Phi) is 5.81. The molecule has 0 radical (unpaired) electrons. The third-order valence-electron chi connectivity index (χ3n) is 5.27. The number of carbonyl (C=O) groups excluding carboxylic acids is 4. The fourth-order valence-corrected chi connectivity index (χ4v) is 3.73. The summed E-state index contributed by atoms with van der Waals surface area (Å²) >= 11 is 0. The van der Waals surface area contributed by atoms with E-state index in [-0.39, 0.29) is 41.9 Å². The van der Waals surface area contributed by atoms with Gasteiger partial charge in [0.2, 0.25) is 0 Å². The van der Waals surface area contributed by atoms with Gasteiger partial charge in [-0.1, -0.05) is 6.07 Å². The molecule has 2 aliphatic heterocycles. The fourth-order valence-electron chi connectivity index (χ4n) is 3.73. The number of esters is 1. The Labute approximate surface area is 179 Å². The van der Waals surface area contributed by atoms with Crippen LogP contribution in [0.25, 0.3) is 0 Å². The summed E-state index contributed by atoms with van der Waals surface area (Å²) in [7, 11) is 0. The molecule has 1 fully saturated rings. The van der Waals surface area contributed by atoms with Crippen molar-refractivity contribution < 1.29 is 28.7 Å². The summed E-state index contributed by atoms with van der Waals surface area (Å²) in [6.07, 6.45) is 1.58. The molecule has 0 aliphatic carbocycles. The second kappa shape index (κ2) is 8.69. The van der Waals surface area contributed by atoms with Gasteiger partial charge in [-0.2, -0.15) is 0 Å². The van der Waals surface area contributed by atoms with Crippen molar-refractivity contribution in [2.75, 3.05) is 25.1 Å². The summed E-state index contributed by atoms with van der Waals surface area (Å²) in [4.78, 5) is 51.2.